The van der Waals surface area contributed by atoms with Crippen molar-refractivity contribution in [2.24, 2.45) is 13.0 Å². The summed E-state index contributed by atoms with van der Waals surface area (Å²) in [7, 11) is 1.89. The third-order valence-corrected chi connectivity index (χ3v) is 1.77. The first-order chi connectivity index (χ1) is 6.16. The van der Waals surface area contributed by atoms with E-state index < -0.39 is 0 Å². The molecule has 13 heavy (non-hydrogen) atoms. The molecule has 0 aromatic carbocycles. The molecule has 0 saturated carbocycles. The van der Waals surface area contributed by atoms with Crippen LogP contribution in [0.1, 0.15) is 40.0 Å². The van der Waals surface area contributed by atoms with Crippen LogP contribution < -0.4 is 0 Å². The van der Waals surface area contributed by atoms with Gasteiger partial charge in [-0.2, -0.15) is 5.10 Å². The zero-order valence-corrected chi connectivity index (χ0v) is 9.33. The van der Waals surface area contributed by atoms with Crippen molar-refractivity contribution in [3.8, 4) is 0 Å². The molecule has 2 heteroatoms. The van der Waals surface area contributed by atoms with E-state index in [2.05, 4.69) is 25.9 Å². The van der Waals surface area contributed by atoms with Gasteiger partial charge in [0.1, 0.15) is 0 Å². The molecule has 1 aromatic heterocycles. The largest absolute Gasteiger partial charge is 0.276 e. The minimum Gasteiger partial charge on any atom is -0.276 e. The topological polar surface area (TPSA) is 17.8 Å². The van der Waals surface area contributed by atoms with Gasteiger partial charge in [0, 0.05) is 19.4 Å². The lowest BCUT2D eigenvalue weighted by Gasteiger charge is -1.98. The fourth-order valence-corrected chi connectivity index (χ4v) is 0.958. The molecular weight excluding hydrogens is 160 g/mol. The Bertz CT molecular complexity index is 178. The van der Waals surface area contributed by atoms with E-state index in [1.807, 2.05) is 19.3 Å². The predicted molar refractivity (Wildman–Crippen MR) is 57.6 cm³/mol. The van der Waals surface area contributed by atoms with Crippen LogP contribution in [0, 0.1) is 5.92 Å². The van der Waals surface area contributed by atoms with Crippen molar-refractivity contribution in [2.75, 3.05) is 0 Å². The molecule has 0 N–H and O–H groups in total. The van der Waals surface area contributed by atoms with Crippen LogP contribution in [0.4, 0.5) is 0 Å². The van der Waals surface area contributed by atoms with Gasteiger partial charge >= 0.3 is 0 Å². The van der Waals surface area contributed by atoms with Gasteiger partial charge in [-0.1, -0.05) is 40.0 Å². The van der Waals surface area contributed by atoms with E-state index in [1.165, 1.54) is 19.3 Å². The first-order valence-electron chi connectivity index (χ1n) is 5.10. The molecule has 0 saturated heterocycles. The molecule has 1 rings (SSSR count). The Balaban J connectivity index is 0.000000223. The second-order valence-corrected chi connectivity index (χ2v) is 3.72. The molecule has 1 aromatic rings. The van der Waals surface area contributed by atoms with Gasteiger partial charge in [0.25, 0.3) is 0 Å². The zero-order valence-electron chi connectivity index (χ0n) is 9.33. The fourth-order valence-electron chi connectivity index (χ4n) is 0.958. The maximum Gasteiger partial charge on any atom is 0.0489 e. The summed E-state index contributed by atoms with van der Waals surface area (Å²) in [5, 5.41) is 3.83. The summed E-state index contributed by atoms with van der Waals surface area (Å²) < 4.78 is 1.75. The summed E-state index contributed by atoms with van der Waals surface area (Å²) in [4.78, 5) is 0. The third-order valence-electron chi connectivity index (χ3n) is 1.77. The molecule has 2 nitrogen and oxygen atoms in total. The van der Waals surface area contributed by atoms with Gasteiger partial charge in [0.05, 0.1) is 0 Å². The Morgan fingerprint density at radius 3 is 2.23 bits per heavy atom. The van der Waals surface area contributed by atoms with Crippen LogP contribution in [-0.2, 0) is 7.05 Å². The Morgan fingerprint density at radius 2 is 2.08 bits per heavy atom. The van der Waals surface area contributed by atoms with E-state index in [0.29, 0.717) is 0 Å². The molecule has 0 aliphatic carbocycles. The van der Waals surface area contributed by atoms with Gasteiger partial charge in [-0.25, -0.2) is 0 Å². The summed E-state index contributed by atoms with van der Waals surface area (Å²) in [5.41, 5.74) is 0. The molecule has 0 amide bonds. The second kappa shape index (κ2) is 7.84. The highest BCUT2D eigenvalue weighted by molar-refractivity contribution is 4.75. The van der Waals surface area contributed by atoms with Crippen molar-refractivity contribution in [2.45, 2.75) is 40.0 Å². The number of hydrogen-bond donors (Lipinski definition) is 0. The van der Waals surface area contributed by atoms with Crippen molar-refractivity contribution in [3.63, 3.8) is 0 Å². The fraction of sp³-hybridized carbons (Fsp3) is 0.727. The van der Waals surface area contributed by atoms with Crippen molar-refractivity contribution in [1.29, 1.82) is 0 Å². The van der Waals surface area contributed by atoms with Crippen molar-refractivity contribution >= 4 is 0 Å². The number of nitrogens with zero attached hydrogens (tertiary/aromatic N) is 2. The third kappa shape index (κ3) is 9.12. The average molecular weight is 182 g/mol. The van der Waals surface area contributed by atoms with Gasteiger partial charge in [0.2, 0.25) is 0 Å². The van der Waals surface area contributed by atoms with E-state index in [1.54, 1.807) is 10.9 Å². The molecule has 0 aliphatic rings. The summed E-state index contributed by atoms with van der Waals surface area (Å²) in [6, 6.07) is 1.89. The zero-order chi connectivity index (χ0) is 10.1. The molecule has 0 spiro atoms. The van der Waals surface area contributed by atoms with Crippen molar-refractivity contribution < 1.29 is 0 Å². The highest BCUT2D eigenvalue weighted by atomic mass is 15.2. The lowest BCUT2D eigenvalue weighted by molar-refractivity contribution is 0.550. The van der Waals surface area contributed by atoms with E-state index in [-0.39, 0.29) is 0 Å². The highest BCUT2D eigenvalue weighted by Gasteiger charge is 1.88. The lowest BCUT2D eigenvalue weighted by Crippen LogP contribution is -1.83. The monoisotopic (exact) mass is 182 g/mol. The predicted octanol–water partition coefficient (Wildman–Crippen LogP) is 3.25. The Hall–Kier alpha value is -0.790. The standard InChI is InChI=1S/C7H16.C4H6N2/c1-4-5-6-7(2)3;1-6-4-2-3-5-6/h7H,4-6H2,1-3H3;2-4H,1H3. The summed E-state index contributed by atoms with van der Waals surface area (Å²) in [6.07, 6.45) is 7.78. The van der Waals surface area contributed by atoms with Crippen LogP contribution in [-0.4, -0.2) is 9.78 Å². The SMILES string of the molecule is CCCCC(C)C.Cn1cccn1. The first-order valence-corrected chi connectivity index (χ1v) is 5.10. The number of aryl methyl sites for hydroxylation is 1. The molecule has 1 heterocycles. The molecule has 0 unspecified atom stereocenters. The van der Waals surface area contributed by atoms with Crippen LogP contribution >= 0.6 is 0 Å². The van der Waals surface area contributed by atoms with Crippen LogP contribution in [0.25, 0.3) is 0 Å². The van der Waals surface area contributed by atoms with Gasteiger partial charge in [-0.15, -0.1) is 0 Å². The molecule has 0 atom stereocenters. The Labute approximate surface area is 82.0 Å². The molecule has 0 aliphatic heterocycles. The first kappa shape index (κ1) is 12.2. The van der Waals surface area contributed by atoms with E-state index >= 15 is 0 Å². The van der Waals surface area contributed by atoms with E-state index in [0.717, 1.165) is 5.92 Å². The second-order valence-electron chi connectivity index (χ2n) is 3.72. The van der Waals surface area contributed by atoms with E-state index in [9.17, 15) is 0 Å². The summed E-state index contributed by atoms with van der Waals surface area (Å²) in [6.45, 7) is 6.79. The molecule has 76 valence electrons. The number of rotatable bonds is 3. The van der Waals surface area contributed by atoms with Crippen LogP contribution in [0.15, 0.2) is 18.5 Å². The summed E-state index contributed by atoms with van der Waals surface area (Å²) >= 11 is 0. The molecule has 0 radical (unpaired) electrons. The normalized spacial score (nSPS) is 9.62. The lowest BCUT2D eigenvalue weighted by atomic mass is 10.1. The molecular formula is C11H22N2. The maximum absolute atomic E-state index is 3.83. The smallest absolute Gasteiger partial charge is 0.0489 e. The quantitative estimate of drug-likeness (QED) is 0.701. The minimum atomic E-state index is 0.903. The van der Waals surface area contributed by atoms with Gasteiger partial charge < -0.3 is 0 Å². The van der Waals surface area contributed by atoms with Crippen LogP contribution in [0.3, 0.4) is 0 Å². The average Bonchev–Trinajstić information content (AvgIpc) is 2.53. The highest BCUT2D eigenvalue weighted by Crippen LogP contribution is 2.04. The van der Waals surface area contributed by atoms with E-state index in [4.69, 9.17) is 0 Å². The molecule has 0 bridgehead atoms. The maximum atomic E-state index is 3.83. The Kier molecular flexibility index (Phi) is 7.36. The number of hydrogen-bond acceptors (Lipinski definition) is 1. The van der Waals surface area contributed by atoms with Crippen LogP contribution in [0.5, 0.6) is 0 Å². The van der Waals surface area contributed by atoms with Crippen molar-refractivity contribution in [1.82, 2.24) is 9.78 Å². The summed E-state index contributed by atoms with van der Waals surface area (Å²) in [5.74, 6) is 0.903. The van der Waals surface area contributed by atoms with Gasteiger partial charge in [-0.3, -0.25) is 4.68 Å². The van der Waals surface area contributed by atoms with Gasteiger partial charge in [-0.05, 0) is 12.0 Å². The van der Waals surface area contributed by atoms with Crippen molar-refractivity contribution in [3.05, 3.63) is 18.5 Å². The van der Waals surface area contributed by atoms with Gasteiger partial charge in [0.15, 0.2) is 0 Å². The molecule has 0 fully saturated rings. The minimum absolute atomic E-state index is 0.903. The van der Waals surface area contributed by atoms with Crippen LogP contribution in [0.2, 0.25) is 0 Å². The number of unbranched alkanes of at least 4 members (excludes halogenated alkanes) is 1. The Morgan fingerprint density at radius 1 is 1.38 bits per heavy atom. The number of aromatic nitrogens is 2.